The lowest BCUT2D eigenvalue weighted by molar-refractivity contribution is -0.122. The summed E-state index contributed by atoms with van der Waals surface area (Å²) in [5.41, 5.74) is 0.279. The van der Waals surface area contributed by atoms with Crippen LogP contribution in [0.3, 0.4) is 0 Å². The second kappa shape index (κ2) is 9.68. The lowest BCUT2D eigenvalue weighted by atomic mass is 10.2. The van der Waals surface area contributed by atoms with Gasteiger partial charge in [0.2, 0.25) is 5.91 Å². The van der Waals surface area contributed by atoms with Gasteiger partial charge in [-0.25, -0.2) is 0 Å². The van der Waals surface area contributed by atoms with E-state index in [1.54, 1.807) is 24.3 Å². The quantitative estimate of drug-likeness (QED) is 0.419. The molecule has 0 aliphatic carbocycles. The van der Waals surface area contributed by atoms with Crippen LogP contribution in [0.15, 0.2) is 82.4 Å². The molecule has 0 spiro atoms. The summed E-state index contributed by atoms with van der Waals surface area (Å²) in [5, 5.41) is 3.16. The SMILES string of the molecule is O=C(Cn1c(=O)c(=O)n(Cc2ccccc2)c2ccc(Cl)cc21)NC[C@H]1COc2ccccc2O1. The molecule has 1 aromatic heterocycles. The first-order valence-corrected chi connectivity index (χ1v) is 11.5. The van der Waals surface area contributed by atoms with Crippen molar-refractivity contribution in [1.82, 2.24) is 14.5 Å². The molecule has 178 valence electrons. The van der Waals surface area contributed by atoms with E-state index in [0.29, 0.717) is 27.6 Å². The molecule has 9 heteroatoms. The number of ether oxygens (including phenoxy) is 2. The number of carbonyl (C=O) groups is 1. The van der Waals surface area contributed by atoms with Gasteiger partial charge in [0.1, 0.15) is 19.3 Å². The maximum atomic E-state index is 13.0. The smallest absolute Gasteiger partial charge is 0.317 e. The molecule has 1 amide bonds. The summed E-state index contributed by atoms with van der Waals surface area (Å²) in [4.78, 5) is 38.8. The van der Waals surface area contributed by atoms with E-state index in [2.05, 4.69) is 5.32 Å². The van der Waals surface area contributed by atoms with Crippen molar-refractivity contribution in [1.29, 1.82) is 0 Å². The van der Waals surface area contributed by atoms with Gasteiger partial charge in [-0.1, -0.05) is 54.1 Å². The second-order valence-corrected chi connectivity index (χ2v) is 8.64. The van der Waals surface area contributed by atoms with Crippen LogP contribution in [0.25, 0.3) is 11.0 Å². The topological polar surface area (TPSA) is 91.6 Å². The summed E-state index contributed by atoms with van der Waals surface area (Å²) in [7, 11) is 0. The largest absolute Gasteiger partial charge is 0.486 e. The van der Waals surface area contributed by atoms with E-state index in [1.165, 1.54) is 4.57 Å². The summed E-state index contributed by atoms with van der Waals surface area (Å²) in [6, 6.07) is 21.6. The summed E-state index contributed by atoms with van der Waals surface area (Å²) >= 11 is 6.20. The van der Waals surface area contributed by atoms with Gasteiger partial charge >= 0.3 is 11.1 Å². The van der Waals surface area contributed by atoms with E-state index < -0.39 is 17.0 Å². The van der Waals surface area contributed by atoms with Crippen LogP contribution in [0.5, 0.6) is 11.5 Å². The summed E-state index contributed by atoms with van der Waals surface area (Å²) in [5.74, 6) is 0.828. The molecule has 1 aliphatic rings. The Morgan fingerprint density at radius 1 is 0.914 bits per heavy atom. The second-order valence-electron chi connectivity index (χ2n) is 8.20. The number of hydrogen-bond donors (Lipinski definition) is 1. The molecular weight excluding hydrogens is 470 g/mol. The maximum Gasteiger partial charge on any atom is 0.317 e. The first kappa shape index (κ1) is 22.7. The number of carbonyl (C=O) groups excluding carboxylic acids is 1. The Kier molecular flexibility index (Phi) is 6.29. The Hall–Kier alpha value is -4.04. The summed E-state index contributed by atoms with van der Waals surface area (Å²) < 4.78 is 14.1. The van der Waals surface area contributed by atoms with Gasteiger partial charge in [-0.2, -0.15) is 0 Å². The van der Waals surface area contributed by atoms with Gasteiger partial charge < -0.3 is 14.8 Å². The molecule has 4 aromatic rings. The van der Waals surface area contributed by atoms with Gasteiger partial charge in [-0.05, 0) is 35.9 Å². The zero-order valence-corrected chi connectivity index (χ0v) is 19.4. The van der Waals surface area contributed by atoms with Crippen LogP contribution in [0.4, 0.5) is 0 Å². The van der Waals surface area contributed by atoms with Gasteiger partial charge in [0.25, 0.3) is 0 Å². The fourth-order valence-corrected chi connectivity index (χ4v) is 4.23. The minimum absolute atomic E-state index is 0.186. The van der Waals surface area contributed by atoms with Gasteiger partial charge in [-0.15, -0.1) is 0 Å². The summed E-state index contributed by atoms with van der Waals surface area (Å²) in [6.07, 6.45) is -0.379. The van der Waals surface area contributed by atoms with Crippen molar-refractivity contribution < 1.29 is 14.3 Å². The third-order valence-corrected chi connectivity index (χ3v) is 6.01. The predicted octanol–water partition coefficient (Wildman–Crippen LogP) is 2.82. The highest BCUT2D eigenvalue weighted by Gasteiger charge is 2.22. The number of rotatable bonds is 6. The molecule has 0 saturated carbocycles. The molecule has 0 bridgehead atoms. The van der Waals surface area contributed by atoms with Crippen molar-refractivity contribution in [3.05, 3.63) is 104 Å². The molecule has 35 heavy (non-hydrogen) atoms. The van der Waals surface area contributed by atoms with Gasteiger partial charge in [0.15, 0.2) is 11.5 Å². The lowest BCUT2D eigenvalue weighted by Gasteiger charge is -2.26. The molecule has 0 saturated heterocycles. The van der Waals surface area contributed by atoms with Crippen molar-refractivity contribution in [3.63, 3.8) is 0 Å². The third kappa shape index (κ3) is 4.79. The number of hydrogen-bond acceptors (Lipinski definition) is 5. The fourth-order valence-electron chi connectivity index (χ4n) is 4.06. The monoisotopic (exact) mass is 491 g/mol. The summed E-state index contributed by atoms with van der Waals surface area (Å²) in [6.45, 7) is 0.360. The zero-order valence-electron chi connectivity index (χ0n) is 18.6. The van der Waals surface area contributed by atoms with Crippen LogP contribution in [-0.4, -0.2) is 34.3 Å². The van der Waals surface area contributed by atoms with E-state index >= 15 is 0 Å². The predicted molar refractivity (Wildman–Crippen MR) is 132 cm³/mol. The molecule has 1 aliphatic heterocycles. The average Bonchev–Trinajstić information content (AvgIpc) is 2.88. The van der Waals surface area contributed by atoms with Crippen LogP contribution in [-0.2, 0) is 17.9 Å². The molecular formula is C26H22ClN3O5. The Bertz CT molecular complexity index is 1510. The number of nitrogens with zero attached hydrogens (tertiary/aromatic N) is 2. The molecule has 1 N–H and O–H groups in total. The number of para-hydroxylation sites is 2. The van der Waals surface area contributed by atoms with E-state index in [1.807, 2.05) is 48.5 Å². The number of amides is 1. The molecule has 8 nitrogen and oxygen atoms in total. The van der Waals surface area contributed by atoms with Gasteiger partial charge in [0, 0.05) is 5.02 Å². The van der Waals surface area contributed by atoms with Crippen molar-refractivity contribution in [3.8, 4) is 11.5 Å². The lowest BCUT2D eigenvalue weighted by Crippen LogP contribution is -2.46. The number of benzene rings is 3. The van der Waals surface area contributed by atoms with Crippen LogP contribution in [0, 0.1) is 0 Å². The molecule has 5 rings (SSSR count). The van der Waals surface area contributed by atoms with Gasteiger partial charge in [0.05, 0.1) is 24.1 Å². The van der Waals surface area contributed by atoms with Crippen LogP contribution in [0.2, 0.25) is 5.02 Å². The minimum atomic E-state index is -0.794. The first-order valence-electron chi connectivity index (χ1n) is 11.1. The average molecular weight is 492 g/mol. The van der Waals surface area contributed by atoms with E-state index in [-0.39, 0.29) is 32.3 Å². The Balaban J connectivity index is 1.38. The molecule has 0 fully saturated rings. The fraction of sp³-hybridized carbons (Fsp3) is 0.192. The van der Waals surface area contributed by atoms with Crippen molar-refractivity contribution in [2.24, 2.45) is 0 Å². The normalized spacial score (nSPS) is 14.6. The number of nitrogens with one attached hydrogen (secondary N) is 1. The number of halogens is 1. The molecule has 0 unspecified atom stereocenters. The molecule has 1 atom stereocenters. The standard InChI is InChI=1S/C26H22ClN3O5/c27-18-10-11-20-21(12-18)30(26(33)25(32)29(20)14-17-6-2-1-3-7-17)15-24(31)28-13-19-16-34-22-8-4-5-9-23(22)35-19/h1-12,19H,13-16H2,(H,28,31)/t19-/m0/s1. The number of aromatic nitrogens is 2. The number of fused-ring (bicyclic) bond motifs is 2. The minimum Gasteiger partial charge on any atom is -0.486 e. The van der Waals surface area contributed by atoms with Crippen molar-refractivity contribution >= 4 is 28.5 Å². The highest BCUT2D eigenvalue weighted by molar-refractivity contribution is 6.31. The van der Waals surface area contributed by atoms with Crippen LogP contribution < -0.4 is 25.9 Å². The van der Waals surface area contributed by atoms with E-state index in [0.717, 1.165) is 10.1 Å². The van der Waals surface area contributed by atoms with Crippen LogP contribution in [0.1, 0.15) is 5.56 Å². The van der Waals surface area contributed by atoms with Crippen LogP contribution >= 0.6 is 11.6 Å². The third-order valence-electron chi connectivity index (χ3n) is 5.77. The first-order chi connectivity index (χ1) is 17.0. The molecule has 2 heterocycles. The molecule has 3 aromatic carbocycles. The Morgan fingerprint density at radius 3 is 2.43 bits per heavy atom. The highest BCUT2D eigenvalue weighted by Crippen LogP contribution is 2.30. The highest BCUT2D eigenvalue weighted by atomic mass is 35.5. The van der Waals surface area contributed by atoms with Crippen molar-refractivity contribution in [2.75, 3.05) is 13.2 Å². The zero-order chi connectivity index (χ0) is 24.4. The Morgan fingerprint density at radius 2 is 1.63 bits per heavy atom. The molecule has 0 radical (unpaired) electrons. The van der Waals surface area contributed by atoms with Gasteiger partial charge in [-0.3, -0.25) is 23.5 Å². The van der Waals surface area contributed by atoms with E-state index in [9.17, 15) is 14.4 Å². The maximum absolute atomic E-state index is 13.0. The Labute approximate surface area is 205 Å². The van der Waals surface area contributed by atoms with E-state index in [4.69, 9.17) is 21.1 Å². The van der Waals surface area contributed by atoms with Crippen molar-refractivity contribution in [2.45, 2.75) is 19.2 Å².